The highest BCUT2D eigenvalue weighted by Gasteiger charge is 2.46. The lowest BCUT2D eigenvalue weighted by molar-refractivity contribution is -0.136. The number of halogens is 1. The van der Waals surface area contributed by atoms with Crippen LogP contribution in [-0.4, -0.2) is 119 Å². The number of carbonyl (C=O) groups excluding carboxylic acids is 4. The van der Waals surface area contributed by atoms with Gasteiger partial charge in [0.2, 0.25) is 11.8 Å². The van der Waals surface area contributed by atoms with Crippen LogP contribution in [0.4, 0.5) is 11.5 Å². The molecule has 4 aromatic rings. The molecule has 2 N–H and O–H groups in total. The van der Waals surface area contributed by atoms with Crippen molar-refractivity contribution in [1.29, 1.82) is 0 Å². The van der Waals surface area contributed by atoms with Crippen molar-refractivity contribution in [3.63, 3.8) is 0 Å². The van der Waals surface area contributed by atoms with E-state index < -0.39 is 29.7 Å². The molecule has 0 radical (unpaired) electrons. The molecule has 55 heavy (non-hydrogen) atoms. The van der Waals surface area contributed by atoms with Gasteiger partial charge >= 0.3 is 0 Å². The van der Waals surface area contributed by atoms with Crippen molar-refractivity contribution in [3.8, 4) is 5.75 Å². The second-order valence-electron chi connectivity index (χ2n) is 14.9. The largest absolute Gasteiger partial charge is 0.492 e. The first-order valence-corrected chi connectivity index (χ1v) is 20.4. The number of nitrogens with one attached hydrogen (secondary N) is 2. The third-order valence-electron chi connectivity index (χ3n) is 11.3. The van der Waals surface area contributed by atoms with Gasteiger partial charge in [0.25, 0.3) is 17.4 Å². The van der Waals surface area contributed by atoms with Gasteiger partial charge in [0.1, 0.15) is 28.7 Å². The molecule has 4 aliphatic heterocycles. The summed E-state index contributed by atoms with van der Waals surface area (Å²) in [6, 6.07) is 13.0. The van der Waals surface area contributed by atoms with Crippen LogP contribution in [0.2, 0.25) is 0 Å². The highest BCUT2D eigenvalue weighted by atomic mass is 79.9. The third kappa shape index (κ3) is 7.39. The lowest BCUT2D eigenvalue weighted by Gasteiger charge is -2.38. The van der Waals surface area contributed by atoms with Crippen molar-refractivity contribution in [2.75, 3.05) is 63.6 Å². The van der Waals surface area contributed by atoms with Gasteiger partial charge in [0.15, 0.2) is 4.96 Å². The molecule has 4 aliphatic rings. The average Bonchev–Trinajstić information content (AvgIpc) is 3.75. The SMILES string of the molecule is CN1C[C@H](Nc2nc3sccn3c(=O)c2Br)C[C@H](c2ccc(OCCN3CCC(N(C)c4cccc5c4C(=O)N(C4CCC(=O)NC4=O)C5=O)CC3)cc2)C1. The minimum Gasteiger partial charge on any atom is -0.492 e. The molecular formula is C39H43BrN8O6S. The first-order valence-electron chi connectivity index (χ1n) is 18.7. The van der Waals surface area contributed by atoms with Crippen LogP contribution in [0.1, 0.15) is 64.3 Å². The Morgan fingerprint density at radius 1 is 1.02 bits per heavy atom. The molecule has 3 atom stereocenters. The minimum atomic E-state index is -0.990. The number of fused-ring (bicyclic) bond motifs is 2. The Morgan fingerprint density at radius 2 is 1.80 bits per heavy atom. The quantitative estimate of drug-likeness (QED) is 0.225. The summed E-state index contributed by atoms with van der Waals surface area (Å²) in [7, 11) is 4.08. The summed E-state index contributed by atoms with van der Waals surface area (Å²) < 4.78 is 8.17. The number of rotatable bonds is 10. The molecule has 3 fully saturated rings. The standard InChI is InChI=1S/C39H43BrN8O6S/c1-44-21-24(20-25(22-44)41-34-33(40)38(53)47-17-19-55-39(47)43-34)23-6-8-27(9-7-23)54-18-16-46-14-12-26(13-15-46)45(2)29-5-3-4-28-32(29)37(52)48(36(28)51)30-10-11-31(49)42-35(30)50/h3-9,17,19,24-26,30,41H,10-16,18,20-22H2,1-2H3,(H,42,49,50)/t24-,25+,30?/m0/s1. The molecule has 6 heterocycles. The molecule has 8 rings (SSSR count). The number of thiazole rings is 1. The second kappa shape index (κ2) is 15.5. The number of aromatic nitrogens is 2. The van der Waals surface area contributed by atoms with E-state index in [0.29, 0.717) is 44.6 Å². The highest BCUT2D eigenvalue weighted by Crippen LogP contribution is 2.36. The van der Waals surface area contributed by atoms with Crippen LogP contribution in [0.5, 0.6) is 5.75 Å². The number of benzene rings is 2. The maximum absolute atomic E-state index is 13.6. The fraction of sp³-hybridized carbons (Fsp3) is 0.436. The van der Waals surface area contributed by atoms with E-state index in [1.807, 2.05) is 30.6 Å². The first-order chi connectivity index (χ1) is 26.5. The van der Waals surface area contributed by atoms with Crippen molar-refractivity contribution >= 4 is 67.4 Å². The summed E-state index contributed by atoms with van der Waals surface area (Å²) >= 11 is 4.90. The van der Waals surface area contributed by atoms with Gasteiger partial charge in [-0.1, -0.05) is 18.2 Å². The lowest BCUT2D eigenvalue weighted by atomic mass is 9.88. The maximum Gasteiger partial charge on any atom is 0.275 e. The zero-order chi connectivity index (χ0) is 38.4. The molecule has 3 saturated heterocycles. The van der Waals surface area contributed by atoms with Crippen molar-refractivity contribution in [2.45, 2.75) is 56.1 Å². The van der Waals surface area contributed by atoms with Crippen LogP contribution >= 0.6 is 27.3 Å². The highest BCUT2D eigenvalue weighted by molar-refractivity contribution is 9.10. The van der Waals surface area contributed by atoms with Crippen LogP contribution in [-0.2, 0) is 9.59 Å². The number of amides is 4. The molecule has 1 unspecified atom stereocenters. The Morgan fingerprint density at radius 3 is 2.56 bits per heavy atom. The van der Waals surface area contributed by atoms with Crippen molar-refractivity contribution < 1.29 is 23.9 Å². The molecule has 0 spiro atoms. The monoisotopic (exact) mass is 830 g/mol. The van der Waals surface area contributed by atoms with Crippen LogP contribution < -0.4 is 25.8 Å². The van der Waals surface area contributed by atoms with E-state index in [-0.39, 0.29) is 30.5 Å². The summed E-state index contributed by atoms with van der Waals surface area (Å²) in [4.78, 5) is 77.1. The number of hydrogen-bond donors (Lipinski definition) is 2. The zero-order valence-corrected chi connectivity index (χ0v) is 33.1. The van der Waals surface area contributed by atoms with Gasteiger partial charge in [0, 0.05) is 69.9 Å². The van der Waals surface area contributed by atoms with E-state index in [1.165, 1.54) is 16.9 Å². The molecule has 2 aromatic carbocycles. The normalized spacial score (nSPS) is 22.6. The predicted octanol–water partition coefficient (Wildman–Crippen LogP) is 3.80. The van der Waals surface area contributed by atoms with Crippen molar-refractivity contribution in [3.05, 3.63) is 85.6 Å². The minimum absolute atomic E-state index is 0.0853. The van der Waals surface area contributed by atoms with Crippen LogP contribution in [0, 0.1) is 0 Å². The molecule has 0 saturated carbocycles. The maximum atomic E-state index is 13.6. The van der Waals surface area contributed by atoms with Crippen LogP contribution in [0.3, 0.4) is 0 Å². The molecule has 4 amide bonds. The van der Waals surface area contributed by atoms with E-state index in [4.69, 9.17) is 4.74 Å². The summed E-state index contributed by atoms with van der Waals surface area (Å²) in [6.07, 6.45) is 4.63. The number of nitrogens with zero attached hydrogens (tertiary/aromatic N) is 6. The number of piperidine rings is 3. The number of hydrogen-bond acceptors (Lipinski definition) is 12. The van der Waals surface area contributed by atoms with E-state index >= 15 is 0 Å². The topological polar surface area (TPSA) is 149 Å². The van der Waals surface area contributed by atoms with E-state index in [1.54, 1.807) is 22.7 Å². The molecule has 2 aromatic heterocycles. The fourth-order valence-corrected chi connectivity index (χ4v) is 9.56. The molecule has 288 valence electrons. The number of imide groups is 2. The van der Waals surface area contributed by atoms with Crippen LogP contribution in [0.15, 0.2) is 63.3 Å². The van der Waals surface area contributed by atoms with E-state index in [2.05, 4.69) is 65.4 Å². The zero-order valence-electron chi connectivity index (χ0n) is 30.7. The summed E-state index contributed by atoms with van der Waals surface area (Å²) in [5, 5.41) is 7.65. The Balaban J connectivity index is 0.819. The second-order valence-corrected chi connectivity index (χ2v) is 16.5. The lowest BCUT2D eigenvalue weighted by Crippen LogP contribution is -2.54. The van der Waals surface area contributed by atoms with Gasteiger partial charge in [0.05, 0.1) is 16.8 Å². The van der Waals surface area contributed by atoms with E-state index in [9.17, 15) is 24.0 Å². The molecule has 0 bridgehead atoms. The predicted molar refractivity (Wildman–Crippen MR) is 212 cm³/mol. The van der Waals surface area contributed by atoms with Crippen LogP contribution in [0.25, 0.3) is 4.96 Å². The Labute approximate surface area is 330 Å². The average molecular weight is 832 g/mol. The molecular weight excluding hydrogens is 788 g/mol. The number of likely N-dealkylation sites (N-methyl/N-ethyl adjacent to an activating group) is 1. The fourth-order valence-electron chi connectivity index (χ4n) is 8.46. The Kier molecular flexibility index (Phi) is 10.5. The van der Waals surface area contributed by atoms with Gasteiger partial charge in [-0.05, 0) is 84.4 Å². The third-order valence-corrected chi connectivity index (χ3v) is 12.8. The van der Waals surface area contributed by atoms with Gasteiger partial charge in [-0.3, -0.25) is 43.5 Å². The van der Waals surface area contributed by atoms with Gasteiger partial charge in [-0.25, -0.2) is 4.98 Å². The molecule has 0 aliphatic carbocycles. The van der Waals surface area contributed by atoms with Gasteiger partial charge < -0.3 is 19.9 Å². The van der Waals surface area contributed by atoms with Crippen molar-refractivity contribution in [1.82, 2.24) is 29.4 Å². The molecule has 16 heteroatoms. The number of ether oxygens (including phenoxy) is 1. The Hall–Kier alpha value is -4.64. The number of likely N-dealkylation sites (tertiary alicyclic amines) is 2. The summed E-state index contributed by atoms with van der Waals surface area (Å²) in [5.74, 6) is -0.255. The van der Waals surface area contributed by atoms with E-state index in [0.717, 1.165) is 62.6 Å². The van der Waals surface area contributed by atoms with Gasteiger partial charge in [-0.15, -0.1) is 11.3 Å². The first kappa shape index (κ1) is 37.3. The summed E-state index contributed by atoms with van der Waals surface area (Å²) in [6.45, 7) is 4.88. The number of anilines is 2. The molecule has 14 nitrogen and oxygen atoms in total. The number of carbonyl (C=O) groups is 4. The van der Waals surface area contributed by atoms with Gasteiger partial charge in [-0.2, -0.15) is 0 Å². The Bertz CT molecular complexity index is 2200. The summed E-state index contributed by atoms with van der Waals surface area (Å²) in [5.41, 5.74) is 2.43. The van der Waals surface area contributed by atoms with Crippen molar-refractivity contribution in [2.24, 2.45) is 0 Å². The smallest absolute Gasteiger partial charge is 0.275 e.